The number of aryl methyl sites for hydroxylation is 1. The van der Waals surface area contributed by atoms with Crippen molar-refractivity contribution in [2.75, 3.05) is 6.54 Å². The molecule has 0 bridgehead atoms. The van der Waals surface area contributed by atoms with Crippen LogP contribution in [-0.4, -0.2) is 21.4 Å². The van der Waals surface area contributed by atoms with Crippen molar-refractivity contribution in [2.24, 2.45) is 12.8 Å². The molecule has 1 heterocycles. The fourth-order valence-corrected chi connectivity index (χ4v) is 2.67. The molecule has 1 aromatic heterocycles. The standard InChI is InChI=1S/C11H17N3O/c1-14-8-4-5-11(15,6-12)9(8)10(13-14)7-2-3-7/h7,15H,2-6,12H2,1H3. The molecule has 0 amide bonds. The zero-order valence-corrected chi connectivity index (χ0v) is 9.03. The summed E-state index contributed by atoms with van der Waals surface area (Å²) in [6.07, 6.45) is 4.08. The van der Waals surface area contributed by atoms with Gasteiger partial charge in [0.1, 0.15) is 5.60 Å². The Labute approximate surface area is 89.1 Å². The first-order chi connectivity index (χ1) is 7.15. The van der Waals surface area contributed by atoms with Crippen molar-refractivity contribution in [3.8, 4) is 0 Å². The molecule has 1 unspecified atom stereocenters. The van der Waals surface area contributed by atoms with Gasteiger partial charge in [-0.25, -0.2) is 0 Å². The lowest BCUT2D eigenvalue weighted by Crippen LogP contribution is -2.33. The molecule has 0 aromatic carbocycles. The van der Waals surface area contributed by atoms with Gasteiger partial charge in [0.25, 0.3) is 0 Å². The Morgan fingerprint density at radius 2 is 2.33 bits per heavy atom. The Morgan fingerprint density at radius 3 is 2.93 bits per heavy atom. The van der Waals surface area contributed by atoms with Crippen LogP contribution in [0.2, 0.25) is 0 Å². The zero-order chi connectivity index (χ0) is 10.6. The summed E-state index contributed by atoms with van der Waals surface area (Å²) in [4.78, 5) is 0. The van der Waals surface area contributed by atoms with E-state index in [0.29, 0.717) is 12.5 Å². The number of hydrogen-bond acceptors (Lipinski definition) is 3. The lowest BCUT2D eigenvalue weighted by Gasteiger charge is -2.21. The van der Waals surface area contributed by atoms with Gasteiger partial charge in [0, 0.05) is 30.8 Å². The Hall–Kier alpha value is -0.870. The highest BCUT2D eigenvalue weighted by molar-refractivity contribution is 5.40. The quantitative estimate of drug-likeness (QED) is 0.737. The number of hydrogen-bond donors (Lipinski definition) is 2. The van der Waals surface area contributed by atoms with E-state index < -0.39 is 5.60 Å². The third-order valence-electron chi connectivity index (χ3n) is 3.74. The molecule has 3 rings (SSSR count). The van der Waals surface area contributed by atoms with Gasteiger partial charge >= 0.3 is 0 Å². The number of rotatable bonds is 2. The van der Waals surface area contributed by atoms with Crippen molar-refractivity contribution in [3.05, 3.63) is 17.0 Å². The van der Waals surface area contributed by atoms with E-state index in [-0.39, 0.29) is 0 Å². The summed E-state index contributed by atoms with van der Waals surface area (Å²) in [7, 11) is 1.97. The lowest BCUT2D eigenvalue weighted by molar-refractivity contribution is 0.0470. The first-order valence-electron chi connectivity index (χ1n) is 5.64. The Bertz CT molecular complexity index is 408. The van der Waals surface area contributed by atoms with Crippen LogP contribution in [0, 0.1) is 0 Å². The van der Waals surface area contributed by atoms with Crippen LogP contribution in [0.1, 0.15) is 42.1 Å². The zero-order valence-electron chi connectivity index (χ0n) is 9.03. The van der Waals surface area contributed by atoms with Gasteiger partial charge in [-0.2, -0.15) is 5.10 Å². The summed E-state index contributed by atoms with van der Waals surface area (Å²) in [6.45, 7) is 0.311. The minimum Gasteiger partial charge on any atom is -0.384 e. The molecule has 2 aliphatic rings. The van der Waals surface area contributed by atoms with Crippen LogP contribution >= 0.6 is 0 Å². The van der Waals surface area contributed by atoms with Gasteiger partial charge in [0.2, 0.25) is 0 Å². The van der Waals surface area contributed by atoms with Gasteiger partial charge in [-0.3, -0.25) is 4.68 Å². The van der Waals surface area contributed by atoms with Gasteiger partial charge < -0.3 is 10.8 Å². The monoisotopic (exact) mass is 207 g/mol. The number of aliphatic hydroxyl groups is 1. The molecule has 1 saturated carbocycles. The molecule has 82 valence electrons. The summed E-state index contributed by atoms with van der Waals surface area (Å²) in [5.41, 5.74) is 8.24. The molecule has 0 radical (unpaired) electrons. The average molecular weight is 207 g/mol. The van der Waals surface area contributed by atoms with Crippen molar-refractivity contribution >= 4 is 0 Å². The molecule has 1 aromatic rings. The van der Waals surface area contributed by atoms with E-state index in [9.17, 15) is 5.11 Å². The summed E-state index contributed by atoms with van der Waals surface area (Å²) in [5.74, 6) is 0.580. The molecule has 15 heavy (non-hydrogen) atoms. The van der Waals surface area contributed by atoms with Crippen molar-refractivity contribution < 1.29 is 5.11 Å². The molecule has 1 atom stereocenters. The summed E-state index contributed by atoms with van der Waals surface area (Å²) in [5, 5.41) is 15.0. The van der Waals surface area contributed by atoms with Crippen LogP contribution in [0.5, 0.6) is 0 Å². The van der Waals surface area contributed by atoms with Crippen LogP contribution in [0.15, 0.2) is 0 Å². The predicted molar refractivity (Wildman–Crippen MR) is 56.5 cm³/mol. The first kappa shape index (κ1) is 9.36. The first-order valence-corrected chi connectivity index (χ1v) is 5.64. The van der Waals surface area contributed by atoms with Gasteiger partial charge in [-0.15, -0.1) is 0 Å². The molecule has 0 spiro atoms. The van der Waals surface area contributed by atoms with Crippen LogP contribution in [0.25, 0.3) is 0 Å². The topological polar surface area (TPSA) is 64.1 Å². The molecule has 0 aliphatic heterocycles. The van der Waals surface area contributed by atoms with Crippen LogP contribution in [0.4, 0.5) is 0 Å². The molecule has 1 fully saturated rings. The third kappa shape index (κ3) is 1.18. The normalized spacial score (nSPS) is 29.5. The molecule has 2 aliphatic carbocycles. The van der Waals surface area contributed by atoms with E-state index in [0.717, 1.165) is 24.1 Å². The Kier molecular flexibility index (Phi) is 1.77. The highest BCUT2D eigenvalue weighted by Crippen LogP contribution is 2.47. The highest BCUT2D eigenvalue weighted by atomic mass is 16.3. The van der Waals surface area contributed by atoms with E-state index in [2.05, 4.69) is 5.10 Å². The van der Waals surface area contributed by atoms with Crippen LogP contribution in [0.3, 0.4) is 0 Å². The molecule has 3 N–H and O–H groups in total. The van der Waals surface area contributed by atoms with E-state index in [1.54, 1.807) is 0 Å². The summed E-state index contributed by atoms with van der Waals surface area (Å²) < 4.78 is 1.93. The van der Waals surface area contributed by atoms with Crippen molar-refractivity contribution in [3.63, 3.8) is 0 Å². The van der Waals surface area contributed by atoms with E-state index in [1.807, 2.05) is 11.7 Å². The number of nitrogens with zero attached hydrogens (tertiary/aromatic N) is 2. The second kappa shape index (κ2) is 2.83. The van der Waals surface area contributed by atoms with Crippen molar-refractivity contribution in [2.45, 2.75) is 37.2 Å². The summed E-state index contributed by atoms with van der Waals surface area (Å²) >= 11 is 0. The second-order valence-electron chi connectivity index (χ2n) is 4.84. The van der Waals surface area contributed by atoms with Crippen LogP contribution < -0.4 is 5.73 Å². The number of nitrogens with two attached hydrogens (primary N) is 1. The van der Waals surface area contributed by atoms with Crippen molar-refractivity contribution in [1.82, 2.24) is 9.78 Å². The maximum Gasteiger partial charge on any atom is 0.106 e. The fraction of sp³-hybridized carbons (Fsp3) is 0.727. The number of fused-ring (bicyclic) bond motifs is 1. The minimum atomic E-state index is -0.804. The van der Waals surface area contributed by atoms with E-state index in [4.69, 9.17) is 5.73 Å². The maximum absolute atomic E-state index is 10.4. The number of aromatic nitrogens is 2. The van der Waals surface area contributed by atoms with E-state index in [1.165, 1.54) is 18.5 Å². The lowest BCUT2D eigenvalue weighted by atomic mass is 9.94. The second-order valence-corrected chi connectivity index (χ2v) is 4.84. The molecule has 4 nitrogen and oxygen atoms in total. The highest BCUT2D eigenvalue weighted by Gasteiger charge is 2.44. The SMILES string of the molecule is Cn1nc(C2CC2)c2c1CCC2(O)CN. The Balaban J connectivity index is 2.15. The van der Waals surface area contributed by atoms with Gasteiger partial charge in [0.05, 0.1) is 5.69 Å². The summed E-state index contributed by atoms with van der Waals surface area (Å²) in [6, 6.07) is 0. The molecular weight excluding hydrogens is 190 g/mol. The van der Waals surface area contributed by atoms with Crippen molar-refractivity contribution in [1.29, 1.82) is 0 Å². The largest absolute Gasteiger partial charge is 0.384 e. The predicted octanol–water partition coefficient (Wildman–Crippen LogP) is 0.390. The van der Waals surface area contributed by atoms with Gasteiger partial charge in [-0.1, -0.05) is 0 Å². The third-order valence-corrected chi connectivity index (χ3v) is 3.74. The molecular formula is C11H17N3O. The Morgan fingerprint density at radius 1 is 1.60 bits per heavy atom. The van der Waals surface area contributed by atoms with Gasteiger partial charge in [0.15, 0.2) is 0 Å². The molecule has 4 heteroatoms. The van der Waals surface area contributed by atoms with Crippen LogP contribution in [-0.2, 0) is 19.1 Å². The van der Waals surface area contributed by atoms with Gasteiger partial charge in [-0.05, 0) is 25.7 Å². The maximum atomic E-state index is 10.4. The minimum absolute atomic E-state index is 0.311. The van der Waals surface area contributed by atoms with E-state index >= 15 is 0 Å². The smallest absolute Gasteiger partial charge is 0.106 e. The average Bonchev–Trinajstić information content (AvgIpc) is 2.93. The molecule has 0 saturated heterocycles. The fourth-order valence-electron chi connectivity index (χ4n) is 2.67.